The van der Waals surface area contributed by atoms with Crippen molar-refractivity contribution in [3.63, 3.8) is 0 Å². The van der Waals surface area contributed by atoms with Gasteiger partial charge >= 0.3 is 0 Å². The molecular weight excluding hydrogens is 152 g/mol. The molecule has 0 aliphatic carbocycles. The van der Waals surface area contributed by atoms with Crippen LogP contribution in [0.4, 0.5) is 0 Å². The van der Waals surface area contributed by atoms with Crippen LogP contribution in [0.5, 0.6) is 0 Å². The maximum absolute atomic E-state index is 10.6. The van der Waals surface area contributed by atoms with E-state index in [2.05, 4.69) is 9.68 Å². The van der Waals surface area contributed by atoms with Crippen LogP contribution in [0.25, 0.3) is 0 Å². The van der Waals surface area contributed by atoms with Gasteiger partial charge in [-0.2, -0.15) is 0 Å². The Morgan fingerprint density at radius 1 is 1.09 bits per heavy atom. The Morgan fingerprint density at radius 2 is 1.45 bits per heavy atom. The summed E-state index contributed by atoms with van der Waals surface area (Å²) in [6.45, 7) is 0. The Kier molecular flexibility index (Phi) is 5.05. The lowest BCUT2D eigenvalue weighted by molar-refractivity contribution is -0.140. The molecular formula is C5H10N2O4. The van der Waals surface area contributed by atoms with Gasteiger partial charge in [0, 0.05) is 0 Å². The molecule has 0 saturated heterocycles. The molecule has 0 radical (unpaired) electrons. The van der Waals surface area contributed by atoms with Gasteiger partial charge in [0.2, 0.25) is 0 Å². The second-order valence-electron chi connectivity index (χ2n) is 1.64. The number of carbonyl (C=O) groups excluding carboxylic acids is 2. The molecule has 0 aromatic rings. The summed E-state index contributed by atoms with van der Waals surface area (Å²) >= 11 is 0. The van der Waals surface area contributed by atoms with Crippen LogP contribution >= 0.6 is 0 Å². The fourth-order valence-corrected chi connectivity index (χ4v) is 0.446. The molecule has 2 amide bonds. The van der Waals surface area contributed by atoms with Gasteiger partial charge < -0.3 is 0 Å². The molecule has 0 unspecified atom stereocenters. The maximum Gasteiger partial charge on any atom is 0.253 e. The normalized spacial score (nSPS) is 8.91. The highest BCUT2D eigenvalue weighted by Crippen LogP contribution is 1.78. The van der Waals surface area contributed by atoms with E-state index in [0.717, 1.165) is 0 Å². The predicted molar refractivity (Wildman–Crippen MR) is 34.9 cm³/mol. The van der Waals surface area contributed by atoms with Gasteiger partial charge in [-0.25, -0.2) is 11.0 Å². The fraction of sp³-hybridized carbons (Fsp3) is 0.600. The number of rotatable bonds is 4. The van der Waals surface area contributed by atoms with Crippen molar-refractivity contribution >= 4 is 11.8 Å². The van der Waals surface area contributed by atoms with Gasteiger partial charge in [-0.3, -0.25) is 19.3 Å². The van der Waals surface area contributed by atoms with Gasteiger partial charge in [0.1, 0.15) is 6.42 Å². The largest absolute Gasteiger partial charge is 0.277 e. The van der Waals surface area contributed by atoms with Crippen molar-refractivity contribution in [1.82, 2.24) is 11.0 Å². The number of carbonyl (C=O) groups is 2. The highest BCUT2D eigenvalue weighted by Gasteiger charge is 2.07. The third-order valence-corrected chi connectivity index (χ3v) is 0.753. The first-order chi connectivity index (χ1) is 5.20. The third kappa shape index (κ3) is 5.31. The minimum atomic E-state index is -0.526. The van der Waals surface area contributed by atoms with Crippen molar-refractivity contribution in [3.05, 3.63) is 0 Å². The Balaban J connectivity index is 3.49. The van der Waals surface area contributed by atoms with E-state index in [1.165, 1.54) is 14.2 Å². The van der Waals surface area contributed by atoms with E-state index in [0.29, 0.717) is 0 Å². The van der Waals surface area contributed by atoms with Crippen LogP contribution in [0.2, 0.25) is 0 Å². The Hall–Kier alpha value is -1.14. The van der Waals surface area contributed by atoms with Crippen LogP contribution in [-0.2, 0) is 19.3 Å². The molecule has 0 heterocycles. The van der Waals surface area contributed by atoms with E-state index < -0.39 is 11.8 Å². The average Bonchev–Trinajstić information content (AvgIpc) is 1.87. The molecule has 0 aliphatic rings. The van der Waals surface area contributed by atoms with E-state index in [1.807, 2.05) is 11.0 Å². The Labute approximate surface area is 63.8 Å². The van der Waals surface area contributed by atoms with Crippen LogP contribution in [0.3, 0.4) is 0 Å². The van der Waals surface area contributed by atoms with Gasteiger partial charge in [0.15, 0.2) is 0 Å². The summed E-state index contributed by atoms with van der Waals surface area (Å²) in [5.41, 5.74) is 3.96. The number of hydrogen-bond donors (Lipinski definition) is 2. The molecule has 6 heteroatoms. The maximum atomic E-state index is 10.6. The highest BCUT2D eigenvalue weighted by molar-refractivity contribution is 5.95. The van der Waals surface area contributed by atoms with Crippen LogP contribution < -0.4 is 11.0 Å². The number of hydrogen-bond acceptors (Lipinski definition) is 4. The number of nitrogens with one attached hydrogen (secondary N) is 2. The number of hydroxylamine groups is 2. The lowest BCUT2D eigenvalue weighted by Gasteiger charge is -2.01. The molecule has 11 heavy (non-hydrogen) atoms. The predicted octanol–water partition coefficient (Wildman–Crippen LogP) is -1.27. The lowest BCUT2D eigenvalue weighted by Crippen LogP contribution is -2.30. The summed E-state index contributed by atoms with van der Waals surface area (Å²) in [4.78, 5) is 29.7. The molecule has 64 valence electrons. The molecule has 0 spiro atoms. The van der Waals surface area contributed by atoms with Crippen LogP contribution in [0.1, 0.15) is 6.42 Å². The first kappa shape index (κ1) is 9.86. The minimum absolute atomic E-state index is 0.318. The van der Waals surface area contributed by atoms with Crippen molar-refractivity contribution in [1.29, 1.82) is 0 Å². The molecule has 0 saturated carbocycles. The SMILES string of the molecule is CONC(=O)CC(=O)NOC. The molecule has 0 aromatic carbocycles. The molecule has 0 atom stereocenters. The zero-order valence-corrected chi connectivity index (χ0v) is 6.34. The zero-order chi connectivity index (χ0) is 8.69. The molecule has 0 aliphatic heterocycles. The molecule has 0 bridgehead atoms. The fourth-order valence-electron chi connectivity index (χ4n) is 0.446. The van der Waals surface area contributed by atoms with E-state index in [9.17, 15) is 9.59 Å². The third-order valence-electron chi connectivity index (χ3n) is 0.753. The van der Waals surface area contributed by atoms with Crippen molar-refractivity contribution in [2.45, 2.75) is 6.42 Å². The Morgan fingerprint density at radius 3 is 1.73 bits per heavy atom. The molecule has 0 rings (SSSR count). The van der Waals surface area contributed by atoms with Crippen LogP contribution in [0, 0.1) is 0 Å². The summed E-state index contributed by atoms with van der Waals surface area (Å²) < 4.78 is 0. The molecule has 0 fully saturated rings. The van der Waals surface area contributed by atoms with E-state index in [4.69, 9.17) is 0 Å². The van der Waals surface area contributed by atoms with Gasteiger partial charge in [-0.05, 0) is 0 Å². The Bertz CT molecular complexity index is 131. The zero-order valence-electron chi connectivity index (χ0n) is 6.34. The monoisotopic (exact) mass is 162 g/mol. The number of amides is 2. The summed E-state index contributed by atoms with van der Waals surface area (Å²) in [7, 11) is 2.57. The van der Waals surface area contributed by atoms with E-state index in [-0.39, 0.29) is 6.42 Å². The summed E-state index contributed by atoms with van der Waals surface area (Å²) in [6, 6.07) is 0. The first-order valence-electron chi connectivity index (χ1n) is 2.84. The standard InChI is InChI=1S/C5H10N2O4/c1-10-6-4(8)3-5(9)7-11-2/h3H2,1-2H3,(H,6,8)(H,7,9). The second-order valence-corrected chi connectivity index (χ2v) is 1.64. The van der Waals surface area contributed by atoms with Crippen molar-refractivity contribution in [3.8, 4) is 0 Å². The minimum Gasteiger partial charge on any atom is -0.277 e. The van der Waals surface area contributed by atoms with Gasteiger partial charge in [-0.1, -0.05) is 0 Å². The lowest BCUT2D eigenvalue weighted by atomic mass is 10.4. The quantitative estimate of drug-likeness (QED) is 0.399. The summed E-state index contributed by atoms with van der Waals surface area (Å²) in [5, 5.41) is 0. The second kappa shape index (κ2) is 5.63. The first-order valence-corrected chi connectivity index (χ1v) is 2.84. The molecule has 2 N–H and O–H groups in total. The summed E-state index contributed by atoms with van der Waals surface area (Å²) in [5.74, 6) is -1.05. The smallest absolute Gasteiger partial charge is 0.253 e. The average molecular weight is 162 g/mol. The molecule has 0 aromatic heterocycles. The van der Waals surface area contributed by atoms with Gasteiger partial charge in [0.25, 0.3) is 11.8 Å². The summed E-state index contributed by atoms with van der Waals surface area (Å²) in [6.07, 6.45) is -0.318. The highest BCUT2D eigenvalue weighted by atomic mass is 16.6. The molecule has 6 nitrogen and oxygen atoms in total. The van der Waals surface area contributed by atoms with E-state index in [1.54, 1.807) is 0 Å². The van der Waals surface area contributed by atoms with Gasteiger partial charge in [0.05, 0.1) is 14.2 Å². The van der Waals surface area contributed by atoms with E-state index >= 15 is 0 Å². The topological polar surface area (TPSA) is 76.7 Å². The van der Waals surface area contributed by atoms with Crippen LogP contribution in [0.15, 0.2) is 0 Å². The van der Waals surface area contributed by atoms with Gasteiger partial charge in [-0.15, -0.1) is 0 Å². The van der Waals surface area contributed by atoms with Crippen molar-refractivity contribution < 1.29 is 19.3 Å². The van der Waals surface area contributed by atoms with Crippen molar-refractivity contribution in [2.24, 2.45) is 0 Å². The van der Waals surface area contributed by atoms with Crippen LogP contribution in [-0.4, -0.2) is 26.0 Å². The van der Waals surface area contributed by atoms with Crippen molar-refractivity contribution in [2.75, 3.05) is 14.2 Å².